The molecule has 1 saturated heterocycles. The van der Waals surface area contributed by atoms with Crippen molar-refractivity contribution in [3.05, 3.63) is 32.6 Å². The van der Waals surface area contributed by atoms with Crippen molar-refractivity contribution >= 4 is 21.9 Å². The van der Waals surface area contributed by atoms with Gasteiger partial charge in [0.2, 0.25) is 0 Å². The molecule has 1 aromatic rings. The van der Waals surface area contributed by atoms with E-state index in [2.05, 4.69) is 4.31 Å². The lowest BCUT2D eigenvalue weighted by Gasteiger charge is -2.29. The van der Waals surface area contributed by atoms with Crippen LogP contribution in [0.3, 0.4) is 0 Å². The van der Waals surface area contributed by atoms with Crippen molar-refractivity contribution < 1.29 is 67.3 Å². The van der Waals surface area contributed by atoms with Gasteiger partial charge in [0, 0.05) is 18.2 Å². The quantitative estimate of drug-likeness (QED) is 0.0847. The number of phosphoric ester groups is 1. The second-order valence-corrected chi connectivity index (χ2v) is 10.7. The Hall–Kier alpha value is -1.63. The molecule has 0 radical (unpaired) electrons. The molecule has 8 atom stereocenters. The lowest BCUT2D eigenvalue weighted by Crippen LogP contribution is -2.47. The Balaban J connectivity index is 2.19. The number of aliphatic hydroxyl groups is 5. The van der Waals surface area contributed by atoms with E-state index in [1.165, 1.54) is 13.1 Å². The van der Waals surface area contributed by atoms with E-state index in [-0.39, 0.29) is 18.3 Å². The number of hydrogen-bond acceptors (Lipinski definition) is 14. The normalized spacial score (nSPS) is 25.6. The number of nitrogens with one attached hydrogen (secondary N) is 1. The summed E-state index contributed by atoms with van der Waals surface area (Å²) in [6, 6.07) is 0. The molecule has 1 aromatic heterocycles. The molecule has 1 aliphatic heterocycles. The number of ether oxygens (including phenoxy) is 1. The van der Waals surface area contributed by atoms with Gasteiger partial charge in [0.05, 0.1) is 19.3 Å². The van der Waals surface area contributed by atoms with Crippen LogP contribution in [0.5, 0.6) is 0 Å². The van der Waals surface area contributed by atoms with Gasteiger partial charge in [-0.1, -0.05) is 0 Å². The third kappa shape index (κ3) is 7.93. The summed E-state index contributed by atoms with van der Waals surface area (Å²) >= 11 is 0. The number of rotatable bonds is 13. The molecule has 206 valence electrons. The van der Waals surface area contributed by atoms with Crippen LogP contribution in [-0.4, -0.2) is 101 Å². The van der Waals surface area contributed by atoms with E-state index in [4.69, 9.17) is 23.6 Å². The zero-order chi connectivity index (χ0) is 27.4. The van der Waals surface area contributed by atoms with Crippen LogP contribution in [0.15, 0.2) is 15.8 Å². The summed E-state index contributed by atoms with van der Waals surface area (Å²) in [6.45, 7) is -0.786. The van der Waals surface area contributed by atoms with E-state index >= 15 is 0 Å². The number of carbonyl (C=O) groups excluding carboxylic acids is 1. The van der Waals surface area contributed by atoms with E-state index in [9.17, 15) is 49.0 Å². The van der Waals surface area contributed by atoms with Crippen molar-refractivity contribution in [3.8, 4) is 0 Å². The summed E-state index contributed by atoms with van der Waals surface area (Å²) in [5.74, 6) is 0. The number of aliphatic hydroxyl groups excluding tert-OH is 5. The molecule has 0 amide bonds. The van der Waals surface area contributed by atoms with Crippen LogP contribution in [0, 0.1) is 6.92 Å². The van der Waals surface area contributed by atoms with Gasteiger partial charge in [-0.25, -0.2) is 13.9 Å². The molecule has 0 spiro atoms. The van der Waals surface area contributed by atoms with Gasteiger partial charge in [-0.2, -0.15) is 4.31 Å². The minimum Gasteiger partial charge on any atom is -0.394 e. The van der Waals surface area contributed by atoms with Crippen molar-refractivity contribution in [1.29, 1.82) is 0 Å². The fraction of sp³-hybridized carbons (Fsp3) is 0.688. The highest BCUT2D eigenvalue weighted by atomic mass is 31.3. The predicted molar refractivity (Wildman–Crippen MR) is 113 cm³/mol. The molecule has 0 saturated carbocycles. The first-order valence-corrected chi connectivity index (χ1v) is 13.1. The maximum absolute atomic E-state index is 12.9. The van der Waals surface area contributed by atoms with Gasteiger partial charge in [-0.05, 0) is 6.92 Å². The fourth-order valence-electron chi connectivity index (χ4n) is 3.08. The molecule has 20 heteroatoms. The summed E-state index contributed by atoms with van der Waals surface area (Å²) in [5.41, 5.74) is -1.36. The average molecular weight is 564 g/mol. The van der Waals surface area contributed by atoms with Crippen molar-refractivity contribution in [1.82, 2.24) is 9.55 Å². The van der Waals surface area contributed by atoms with E-state index in [0.29, 0.717) is 0 Å². The van der Waals surface area contributed by atoms with Crippen LogP contribution in [-0.2, 0) is 32.0 Å². The Kier molecular flexibility index (Phi) is 10.4. The number of H-pyrrole nitrogens is 1. The molecule has 2 rings (SSSR count). The Labute approximate surface area is 201 Å². The lowest BCUT2D eigenvalue weighted by atomic mass is 10.0. The van der Waals surface area contributed by atoms with Crippen LogP contribution in [0.2, 0.25) is 0 Å². The van der Waals surface area contributed by atoms with Gasteiger partial charge in [0.25, 0.3) is 5.56 Å². The van der Waals surface area contributed by atoms with Gasteiger partial charge in [0.15, 0.2) is 6.29 Å². The molecule has 36 heavy (non-hydrogen) atoms. The number of phosphoric acid groups is 2. The summed E-state index contributed by atoms with van der Waals surface area (Å²) in [4.78, 5) is 54.4. The maximum atomic E-state index is 12.9. The summed E-state index contributed by atoms with van der Waals surface area (Å²) in [5, 5.41) is 48.7. The van der Waals surface area contributed by atoms with Crippen LogP contribution < -0.4 is 11.2 Å². The first-order valence-electron chi connectivity index (χ1n) is 10.1. The number of hydrogen-bond donors (Lipinski definition) is 8. The molecule has 0 bridgehead atoms. The minimum atomic E-state index is -5.61. The first-order chi connectivity index (χ1) is 16.6. The molecular formula is C16H26N2O16P2. The molecule has 0 aromatic carbocycles. The number of aryl methyl sites for hydroxylation is 1. The summed E-state index contributed by atoms with van der Waals surface area (Å²) < 4.78 is 44.2. The number of aromatic amines is 1. The molecule has 2 heterocycles. The largest absolute Gasteiger partial charge is 0.484 e. The number of aldehydes is 1. The lowest BCUT2D eigenvalue weighted by molar-refractivity contribution is -0.135. The van der Waals surface area contributed by atoms with Crippen LogP contribution in [0.1, 0.15) is 18.2 Å². The van der Waals surface area contributed by atoms with E-state index in [1.54, 1.807) is 0 Å². The average Bonchev–Trinajstić information content (AvgIpc) is 3.16. The second-order valence-electron chi connectivity index (χ2n) is 7.66. The maximum Gasteiger partial charge on any atom is 0.484 e. The molecular weight excluding hydrogens is 538 g/mol. The fourth-order valence-corrected chi connectivity index (χ4v) is 5.37. The molecule has 0 aliphatic carbocycles. The second kappa shape index (κ2) is 12.3. The highest BCUT2D eigenvalue weighted by molar-refractivity contribution is 7.61. The van der Waals surface area contributed by atoms with Crippen molar-refractivity contribution in [2.75, 3.05) is 13.2 Å². The van der Waals surface area contributed by atoms with Crippen molar-refractivity contribution in [2.45, 2.75) is 56.2 Å². The smallest absolute Gasteiger partial charge is 0.394 e. The summed E-state index contributed by atoms with van der Waals surface area (Å²) in [7, 11) is -11.0. The number of aromatic nitrogens is 2. The van der Waals surface area contributed by atoms with E-state index in [0.717, 1.165) is 4.57 Å². The Morgan fingerprint density at radius 3 is 2.44 bits per heavy atom. The van der Waals surface area contributed by atoms with Gasteiger partial charge in [-0.15, -0.1) is 0 Å². The van der Waals surface area contributed by atoms with Crippen LogP contribution >= 0.6 is 15.6 Å². The Morgan fingerprint density at radius 2 is 1.89 bits per heavy atom. The summed E-state index contributed by atoms with van der Waals surface area (Å²) in [6.07, 6.45) is -12.1. The van der Waals surface area contributed by atoms with Crippen molar-refractivity contribution in [2.24, 2.45) is 0 Å². The Bertz CT molecular complexity index is 1120. The zero-order valence-corrected chi connectivity index (χ0v) is 20.3. The van der Waals surface area contributed by atoms with Gasteiger partial charge >= 0.3 is 21.3 Å². The molecule has 1 unspecified atom stereocenters. The predicted octanol–water partition coefficient (Wildman–Crippen LogP) is -3.61. The number of carbonyl (C=O) groups is 1. The molecule has 18 nitrogen and oxygen atoms in total. The number of nitrogens with zero attached hydrogens (tertiary/aromatic N) is 1. The highest BCUT2D eigenvalue weighted by Gasteiger charge is 2.44. The first kappa shape index (κ1) is 30.6. The molecule has 1 aliphatic rings. The topological polar surface area (TPSA) is 285 Å². The molecule has 8 N–H and O–H groups in total. The third-order valence-corrected chi connectivity index (χ3v) is 7.57. The van der Waals surface area contributed by atoms with Crippen LogP contribution in [0.25, 0.3) is 0 Å². The SMILES string of the molecule is Cc1cn([C@H]2C[C@H](O)[C@@H](COP(=O)(O[C@H](CO)[C@@H](O)[C@H](O)[C@@H](O)C=O)OP(=O)(O)O)O2)c(=O)[nH]c1=O. The van der Waals surface area contributed by atoms with Crippen molar-refractivity contribution in [3.63, 3.8) is 0 Å². The standard InChI is InChI=1S/C16H26N2O16P2/c1-7-3-18(16(26)17-15(7)25)12-2-8(21)11(32-12)6-31-36(30,34-35(27,28)29)33-10(5-20)14(24)13(23)9(22)4-19/h3-4,8-14,20-24H,2,5-6H2,1H3,(H,17,25,26)(H2,27,28,29)/t8-,9-,10+,11+,12+,13+,14+,36?/m0/s1. The third-order valence-electron chi connectivity index (χ3n) is 4.93. The van der Waals surface area contributed by atoms with Gasteiger partial charge in [0.1, 0.15) is 36.7 Å². The van der Waals surface area contributed by atoms with Gasteiger partial charge in [-0.3, -0.25) is 23.4 Å². The van der Waals surface area contributed by atoms with Crippen LogP contribution in [0.4, 0.5) is 0 Å². The monoisotopic (exact) mass is 564 g/mol. The van der Waals surface area contributed by atoms with E-state index < -0.39 is 83.0 Å². The zero-order valence-electron chi connectivity index (χ0n) is 18.5. The minimum absolute atomic E-state index is 0.149. The Morgan fingerprint density at radius 1 is 1.25 bits per heavy atom. The van der Waals surface area contributed by atoms with Gasteiger partial charge < -0.3 is 44.9 Å². The highest BCUT2D eigenvalue weighted by Crippen LogP contribution is 2.62. The molecule has 1 fully saturated rings. The van der Waals surface area contributed by atoms with E-state index in [1.807, 2.05) is 4.98 Å².